The predicted octanol–water partition coefficient (Wildman–Crippen LogP) is 5.71. The quantitative estimate of drug-likeness (QED) is 0.413. The normalized spacial score (nSPS) is 30.4. The van der Waals surface area contributed by atoms with Crippen LogP contribution in [0.4, 0.5) is 0 Å². The number of hydrogen-bond donors (Lipinski definition) is 3. The molecule has 1 amide bonds. The van der Waals surface area contributed by atoms with E-state index in [1.165, 1.54) is 11.1 Å². The third-order valence-corrected chi connectivity index (χ3v) is 10.5. The van der Waals surface area contributed by atoms with Crippen LogP contribution in [0, 0.1) is 0 Å². The maximum Gasteiger partial charge on any atom is 0.232 e. The lowest BCUT2D eigenvalue weighted by molar-refractivity contribution is -0.132. The van der Waals surface area contributed by atoms with Crippen molar-refractivity contribution in [3.8, 4) is 5.75 Å². The number of nitrogens with one attached hydrogen (secondary N) is 1. The lowest BCUT2D eigenvalue weighted by Gasteiger charge is -2.42. The first kappa shape index (κ1) is 27.4. The van der Waals surface area contributed by atoms with Crippen molar-refractivity contribution in [2.24, 2.45) is 10.7 Å². The van der Waals surface area contributed by atoms with Crippen molar-refractivity contribution < 1.29 is 14.6 Å². The van der Waals surface area contributed by atoms with Gasteiger partial charge in [-0.2, -0.15) is 11.8 Å². The Kier molecular flexibility index (Phi) is 7.21. The number of nitrogens with two attached hydrogens (primary N) is 1. The molecular weight excluding hydrogens is 520 g/mol. The van der Waals surface area contributed by atoms with Gasteiger partial charge < -0.3 is 15.6 Å². The Hall–Kier alpha value is -2.81. The molecule has 8 heteroatoms. The molecule has 7 rings (SSSR count). The third-order valence-electron chi connectivity index (χ3n) is 9.09. The molecule has 4 N–H and O–H groups in total. The monoisotopic (exact) mass is 560 g/mol. The number of ether oxygens (including phenoxy) is 1. The van der Waals surface area contributed by atoms with Gasteiger partial charge in [0.25, 0.3) is 0 Å². The first-order valence-electron chi connectivity index (χ1n) is 14.5. The van der Waals surface area contributed by atoms with Gasteiger partial charge >= 0.3 is 0 Å². The Bertz CT molecular complexity index is 1370. The molecule has 5 heterocycles. The summed E-state index contributed by atoms with van der Waals surface area (Å²) in [5.74, 6) is 2.00. The summed E-state index contributed by atoms with van der Waals surface area (Å²) < 4.78 is 5.96. The molecule has 5 aliphatic heterocycles. The molecule has 0 spiro atoms. The molecule has 1 unspecified atom stereocenters. The summed E-state index contributed by atoms with van der Waals surface area (Å²) in [6.07, 6.45) is 7.66. The van der Waals surface area contributed by atoms with E-state index in [0.717, 1.165) is 53.9 Å². The molecule has 0 radical (unpaired) electrons. The first-order chi connectivity index (χ1) is 19.2. The van der Waals surface area contributed by atoms with Gasteiger partial charge in [0.1, 0.15) is 12.0 Å². The lowest BCUT2D eigenvalue weighted by atomic mass is 9.84. The number of aliphatic hydroxyl groups excluding tert-OH is 1. The molecule has 4 atom stereocenters. The molecule has 40 heavy (non-hydrogen) atoms. The topological polar surface area (TPSA) is 100 Å². The summed E-state index contributed by atoms with van der Waals surface area (Å²) in [6, 6.07) is 12.2. The predicted molar refractivity (Wildman–Crippen MR) is 161 cm³/mol. The maximum atomic E-state index is 13.7. The zero-order chi connectivity index (χ0) is 28.1. The van der Waals surface area contributed by atoms with E-state index in [9.17, 15) is 9.90 Å². The molecular formula is C32H40N4O3S. The second-order valence-corrected chi connectivity index (χ2v) is 13.7. The standard InChI is InChI=1S/C32H40N4O3S/c1-4-32-14-6-5-7-20-8-10-24-22(17-20)25(13-16-40-31(24,2)3)34-29(38)21-9-11-27-23(18-21)26(12-15-39-27)36(28(37)19-32)30(33)35-32/h5,7-11,17-18,25-26,29,34,38H,4,6,12-16,19H2,1-3H3,(H2,33,35)/b7-5+/t25-,26+,29?,32+/m0/s1. The van der Waals surface area contributed by atoms with E-state index in [0.29, 0.717) is 19.4 Å². The summed E-state index contributed by atoms with van der Waals surface area (Å²) in [5.41, 5.74) is 11.4. The molecule has 5 aliphatic rings. The van der Waals surface area contributed by atoms with Gasteiger partial charge in [-0.15, -0.1) is 0 Å². The van der Waals surface area contributed by atoms with Gasteiger partial charge in [0.2, 0.25) is 5.91 Å². The highest BCUT2D eigenvalue weighted by atomic mass is 32.2. The summed E-state index contributed by atoms with van der Waals surface area (Å²) >= 11 is 1.96. The highest BCUT2D eigenvalue weighted by molar-refractivity contribution is 8.00. The van der Waals surface area contributed by atoms with Crippen LogP contribution in [-0.4, -0.2) is 39.8 Å². The maximum absolute atomic E-state index is 13.7. The summed E-state index contributed by atoms with van der Waals surface area (Å²) in [4.78, 5) is 20.3. The number of carbonyl (C=O) groups excluding carboxylic acids is 1. The molecule has 2 aromatic rings. The molecule has 0 saturated heterocycles. The van der Waals surface area contributed by atoms with Gasteiger partial charge in [-0.25, -0.2) is 4.99 Å². The van der Waals surface area contributed by atoms with Crippen LogP contribution >= 0.6 is 11.8 Å². The van der Waals surface area contributed by atoms with Crippen molar-refractivity contribution in [2.45, 2.75) is 87.9 Å². The Balaban J connectivity index is 1.47. The van der Waals surface area contributed by atoms with Gasteiger partial charge in [0.05, 0.1) is 24.6 Å². The van der Waals surface area contributed by atoms with E-state index < -0.39 is 11.8 Å². The molecule has 212 valence electrons. The largest absolute Gasteiger partial charge is 0.493 e. The summed E-state index contributed by atoms with van der Waals surface area (Å²) in [7, 11) is 0. The number of rotatable bonds is 1. The SMILES string of the molecule is CC[C@@]12CC/C=C/c3ccc4c(c3)[C@H](CCSC4(C)C)NC(O)c3ccc4c(c3)[C@@H](CCO4)N(C(=O)C1)C(N)=N2. The molecule has 0 aliphatic carbocycles. The molecule has 2 aromatic carbocycles. The number of benzene rings is 2. The van der Waals surface area contributed by atoms with Crippen LogP contribution < -0.4 is 15.8 Å². The van der Waals surface area contributed by atoms with E-state index in [1.54, 1.807) is 4.90 Å². The van der Waals surface area contributed by atoms with E-state index in [4.69, 9.17) is 15.5 Å². The van der Waals surface area contributed by atoms with Crippen LogP contribution in [0.15, 0.2) is 47.5 Å². The second-order valence-electron chi connectivity index (χ2n) is 12.0. The van der Waals surface area contributed by atoms with Gasteiger partial charge in [-0.3, -0.25) is 15.0 Å². The minimum Gasteiger partial charge on any atom is -0.493 e. The number of amides is 1. The van der Waals surface area contributed by atoms with Crippen molar-refractivity contribution in [3.05, 3.63) is 70.3 Å². The van der Waals surface area contributed by atoms with E-state index in [-0.39, 0.29) is 28.7 Å². The Morgan fingerprint density at radius 2 is 2.05 bits per heavy atom. The number of hydrogen-bond acceptors (Lipinski definition) is 7. The van der Waals surface area contributed by atoms with E-state index in [2.05, 4.69) is 56.4 Å². The average Bonchev–Trinajstić information content (AvgIpc) is 3.05. The molecule has 0 saturated carbocycles. The Morgan fingerprint density at radius 1 is 1.20 bits per heavy atom. The number of thioether (sulfide) groups is 1. The first-order valence-corrected chi connectivity index (χ1v) is 15.5. The molecule has 6 bridgehead atoms. The summed E-state index contributed by atoms with van der Waals surface area (Å²) in [6.45, 7) is 7.16. The van der Waals surface area contributed by atoms with Crippen LogP contribution in [0.3, 0.4) is 0 Å². The van der Waals surface area contributed by atoms with E-state index in [1.807, 2.05) is 30.0 Å². The highest BCUT2D eigenvalue weighted by Crippen LogP contribution is 2.45. The fraction of sp³-hybridized carbons (Fsp3) is 0.500. The van der Waals surface area contributed by atoms with Crippen LogP contribution in [-0.2, 0) is 9.54 Å². The van der Waals surface area contributed by atoms with Crippen LogP contribution in [0.1, 0.15) is 105 Å². The third kappa shape index (κ3) is 4.95. The number of aliphatic imine (C=N–C) groups is 1. The Morgan fingerprint density at radius 3 is 2.85 bits per heavy atom. The van der Waals surface area contributed by atoms with Gasteiger partial charge in [0.15, 0.2) is 5.96 Å². The van der Waals surface area contributed by atoms with Gasteiger partial charge in [-0.1, -0.05) is 37.3 Å². The van der Waals surface area contributed by atoms with Crippen LogP contribution in [0.25, 0.3) is 6.08 Å². The van der Waals surface area contributed by atoms with Crippen LogP contribution in [0.2, 0.25) is 0 Å². The smallest absolute Gasteiger partial charge is 0.232 e. The average molecular weight is 561 g/mol. The second kappa shape index (κ2) is 10.5. The molecule has 7 nitrogen and oxygen atoms in total. The van der Waals surface area contributed by atoms with Crippen molar-refractivity contribution in [3.63, 3.8) is 0 Å². The Labute approximate surface area is 241 Å². The van der Waals surface area contributed by atoms with Crippen LogP contribution in [0.5, 0.6) is 5.75 Å². The number of aliphatic hydroxyl groups is 1. The zero-order valence-corrected chi connectivity index (χ0v) is 24.5. The summed E-state index contributed by atoms with van der Waals surface area (Å²) in [5, 5.41) is 15.0. The number of guanidine groups is 1. The van der Waals surface area contributed by atoms with Crippen molar-refractivity contribution >= 4 is 29.7 Å². The number of carbonyl (C=O) groups is 1. The molecule has 0 aromatic heterocycles. The van der Waals surface area contributed by atoms with Gasteiger partial charge in [-0.05, 0) is 85.7 Å². The van der Waals surface area contributed by atoms with Crippen molar-refractivity contribution in [2.75, 3.05) is 12.4 Å². The van der Waals surface area contributed by atoms with E-state index >= 15 is 0 Å². The minimum absolute atomic E-state index is 0.000161. The fourth-order valence-electron chi connectivity index (χ4n) is 6.74. The lowest BCUT2D eigenvalue weighted by Crippen LogP contribution is -2.53. The van der Waals surface area contributed by atoms with Crippen molar-refractivity contribution in [1.82, 2.24) is 10.2 Å². The number of allylic oxidation sites excluding steroid dienone is 1. The fourth-order valence-corrected chi connectivity index (χ4v) is 7.95. The highest BCUT2D eigenvalue weighted by Gasteiger charge is 2.42. The van der Waals surface area contributed by atoms with Gasteiger partial charge in [0, 0.05) is 22.8 Å². The number of fused-ring (bicyclic) bond motifs is 4. The van der Waals surface area contributed by atoms with Crippen molar-refractivity contribution in [1.29, 1.82) is 0 Å². The minimum atomic E-state index is -0.883. The zero-order valence-electron chi connectivity index (χ0n) is 23.7. The number of nitrogens with zero attached hydrogens (tertiary/aromatic N) is 2. The molecule has 0 fully saturated rings.